The standard InChI is InChI=1S/C11H13N3O/c15-11(9-5-2-1-3-6-9)14-13-10-7-4-8-12-10/h1-3,5-6H,4,7-8H2,(H,12,13)(H,14,15). The van der Waals surface area contributed by atoms with Crippen LogP contribution in [0.15, 0.2) is 35.3 Å². The Kier molecular flexibility index (Phi) is 2.97. The molecule has 1 amide bonds. The minimum atomic E-state index is -0.134. The number of hydrazine groups is 1. The van der Waals surface area contributed by atoms with Crippen molar-refractivity contribution in [2.24, 2.45) is 4.99 Å². The molecule has 78 valence electrons. The van der Waals surface area contributed by atoms with Crippen molar-refractivity contribution in [1.29, 1.82) is 0 Å². The molecule has 0 saturated carbocycles. The minimum Gasteiger partial charge on any atom is -0.285 e. The first-order chi connectivity index (χ1) is 7.36. The summed E-state index contributed by atoms with van der Waals surface area (Å²) in [4.78, 5) is 15.8. The molecule has 0 radical (unpaired) electrons. The molecular weight excluding hydrogens is 190 g/mol. The second kappa shape index (κ2) is 4.59. The lowest BCUT2D eigenvalue weighted by Gasteiger charge is -2.07. The molecule has 0 unspecified atom stereocenters. The van der Waals surface area contributed by atoms with Crippen molar-refractivity contribution in [3.8, 4) is 0 Å². The van der Waals surface area contributed by atoms with Gasteiger partial charge in [0, 0.05) is 18.5 Å². The maximum atomic E-state index is 11.6. The van der Waals surface area contributed by atoms with Crippen molar-refractivity contribution in [3.63, 3.8) is 0 Å². The van der Waals surface area contributed by atoms with Crippen LogP contribution in [0.3, 0.4) is 0 Å². The van der Waals surface area contributed by atoms with Gasteiger partial charge in [-0.2, -0.15) is 0 Å². The summed E-state index contributed by atoms with van der Waals surface area (Å²) in [6.45, 7) is 0.851. The number of amidine groups is 1. The smallest absolute Gasteiger partial charge is 0.269 e. The van der Waals surface area contributed by atoms with Crippen molar-refractivity contribution in [2.75, 3.05) is 6.54 Å². The summed E-state index contributed by atoms with van der Waals surface area (Å²) < 4.78 is 0. The zero-order valence-corrected chi connectivity index (χ0v) is 8.36. The van der Waals surface area contributed by atoms with Crippen LogP contribution in [0.1, 0.15) is 23.2 Å². The average Bonchev–Trinajstić information content (AvgIpc) is 2.80. The molecule has 2 N–H and O–H groups in total. The predicted octanol–water partition coefficient (Wildman–Crippen LogP) is 1.11. The summed E-state index contributed by atoms with van der Waals surface area (Å²) in [5, 5.41) is 0. The molecule has 4 heteroatoms. The van der Waals surface area contributed by atoms with Crippen molar-refractivity contribution >= 4 is 11.7 Å². The minimum absolute atomic E-state index is 0.134. The number of nitrogens with one attached hydrogen (secondary N) is 2. The number of benzene rings is 1. The Morgan fingerprint density at radius 1 is 1.27 bits per heavy atom. The van der Waals surface area contributed by atoms with Gasteiger partial charge < -0.3 is 0 Å². The number of hydrogen-bond acceptors (Lipinski definition) is 3. The van der Waals surface area contributed by atoms with Gasteiger partial charge in [0.15, 0.2) is 0 Å². The summed E-state index contributed by atoms with van der Waals surface area (Å²) in [7, 11) is 0. The molecule has 4 nitrogen and oxygen atoms in total. The van der Waals surface area contributed by atoms with E-state index in [1.807, 2.05) is 18.2 Å². The average molecular weight is 203 g/mol. The van der Waals surface area contributed by atoms with Crippen LogP contribution >= 0.6 is 0 Å². The molecule has 0 bridgehead atoms. The Labute approximate surface area is 88.4 Å². The molecule has 0 fully saturated rings. The van der Waals surface area contributed by atoms with Crippen molar-refractivity contribution in [2.45, 2.75) is 12.8 Å². The number of aliphatic imine (C=N–C) groups is 1. The topological polar surface area (TPSA) is 53.5 Å². The molecule has 2 rings (SSSR count). The fourth-order valence-electron chi connectivity index (χ4n) is 1.43. The van der Waals surface area contributed by atoms with E-state index in [4.69, 9.17) is 0 Å². The summed E-state index contributed by atoms with van der Waals surface area (Å²) in [6, 6.07) is 9.09. The van der Waals surface area contributed by atoms with Crippen molar-refractivity contribution in [1.82, 2.24) is 10.9 Å². The normalized spacial score (nSPS) is 14.5. The van der Waals surface area contributed by atoms with Gasteiger partial charge in [-0.05, 0) is 18.6 Å². The molecule has 1 aliphatic heterocycles. The van der Waals surface area contributed by atoms with Gasteiger partial charge in [-0.25, -0.2) is 0 Å². The Morgan fingerprint density at radius 2 is 2.07 bits per heavy atom. The lowest BCUT2D eigenvalue weighted by molar-refractivity contribution is 0.0943. The molecule has 1 aliphatic rings. The van der Waals surface area contributed by atoms with Gasteiger partial charge in [0.25, 0.3) is 5.91 Å². The van der Waals surface area contributed by atoms with E-state index < -0.39 is 0 Å². The molecule has 0 spiro atoms. The Balaban J connectivity index is 1.87. The molecule has 0 saturated heterocycles. The monoisotopic (exact) mass is 203 g/mol. The number of rotatable bonds is 1. The molecule has 15 heavy (non-hydrogen) atoms. The third-order valence-electron chi connectivity index (χ3n) is 2.23. The van der Waals surface area contributed by atoms with Gasteiger partial charge in [0.1, 0.15) is 5.84 Å². The molecule has 1 heterocycles. The molecule has 0 aliphatic carbocycles. The van der Waals surface area contributed by atoms with Gasteiger partial charge in [0.05, 0.1) is 0 Å². The first-order valence-electron chi connectivity index (χ1n) is 5.01. The van der Waals surface area contributed by atoms with Gasteiger partial charge in [-0.1, -0.05) is 18.2 Å². The quantitative estimate of drug-likeness (QED) is 0.672. The molecule has 0 aromatic heterocycles. The summed E-state index contributed by atoms with van der Waals surface area (Å²) >= 11 is 0. The predicted molar refractivity (Wildman–Crippen MR) is 58.6 cm³/mol. The van der Waals surface area contributed by atoms with E-state index in [0.717, 1.165) is 25.2 Å². The van der Waals surface area contributed by atoms with E-state index in [1.54, 1.807) is 12.1 Å². The van der Waals surface area contributed by atoms with E-state index >= 15 is 0 Å². The SMILES string of the molecule is O=C(NNC1=NCCC1)c1ccccc1. The van der Waals surface area contributed by atoms with E-state index in [1.165, 1.54) is 0 Å². The zero-order valence-electron chi connectivity index (χ0n) is 8.36. The zero-order chi connectivity index (χ0) is 10.5. The Hall–Kier alpha value is -1.84. The number of carbonyl (C=O) groups excluding carboxylic acids is 1. The van der Waals surface area contributed by atoms with Gasteiger partial charge in [-0.15, -0.1) is 0 Å². The second-order valence-electron chi connectivity index (χ2n) is 3.38. The molecule has 0 atom stereocenters. The number of hydrogen-bond donors (Lipinski definition) is 2. The largest absolute Gasteiger partial charge is 0.285 e. The summed E-state index contributed by atoms with van der Waals surface area (Å²) in [5.41, 5.74) is 6.09. The van der Waals surface area contributed by atoms with Crippen LogP contribution in [0.25, 0.3) is 0 Å². The molecule has 1 aromatic rings. The highest BCUT2D eigenvalue weighted by molar-refractivity contribution is 5.96. The third-order valence-corrected chi connectivity index (χ3v) is 2.23. The summed E-state index contributed by atoms with van der Waals surface area (Å²) in [6.07, 6.45) is 1.97. The number of carbonyl (C=O) groups is 1. The first-order valence-corrected chi connectivity index (χ1v) is 5.01. The van der Waals surface area contributed by atoms with Crippen LogP contribution in [-0.2, 0) is 0 Å². The number of nitrogens with zero attached hydrogens (tertiary/aromatic N) is 1. The van der Waals surface area contributed by atoms with Gasteiger partial charge in [0.2, 0.25) is 0 Å². The van der Waals surface area contributed by atoms with Crippen molar-refractivity contribution < 1.29 is 4.79 Å². The van der Waals surface area contributed by atoms with Gasteiger partial charge in [-0.3, -0.25) is 20.6 Å². The van der Waals surface area contributed by atoms with Crippen LogP contribution in [0, 0.1) is 0 Å². The highest BCUT2D eigenvalue weighted by atomic mass is 16.2. The van der Waals surface area contributed by atoms with Crippen LogP contribution < -0.4 is 10.9 Å². The fourth-order valence-corrected chi connectivity index (χ4v) is 1.43. The Bertz CT molecular complexity index is 373. The maximum Gasteiger partial charge on any atom is 0.269 e. The highest BCUT2D eigenvalue weighted by Gasteiger charge is 2.07. The van der Waals surface area contributed by atoms with Crippen molar-refractivity contribution in [3.05, 3.63) is 35.9 Å². The first kappa shape index (κ1) is 9.71. The van der Waals surface area contributed by atoms with Crippen LogP contribution in [-0.4, -0.2) is 18.3 Å². The third kappa shape index (κ3) is 2.56. The highest BCUT2D eigenvalue weighted by Crippen LogP contribution is 2.01. The van der Waals surface area contributed by atoms with Crippen LogP contribution in [0.4, 0.5) is 0 Å². The van der Waals surface area contributed by atoms with Crippen LogP contribution in [0.5, 0.6) is 0 Å². The number of amides is 1. The van der Waals surface area contributed by atoms with E-state index in [0.29, 0.717) is 5.56 Å². The van der Waals surface area contributed by atoms with E-state index in [2.05, 4.69) is 15.8 Å². The summed E-state index contributed by atoms with van der Waals surface area (Å²) in [5.74, 6) is 0.726. The molecule has 1 aromatic carbocycles. The second-order valence-corrected chi connectivity index (χ2v) is 3.38. The van der Waals surface area contributed by atoms with Crippen LogP contribution in [0.2, 0.25) is 0 Å². The van der Waals surface area contributed by atoms with E-state index in [-0.39, 0.29) is 5.91 Å². The maximum absolute atomic E-state index is 11.6. The van der Waals surface area contributed by atoms with Gasteiger partial charge >= 0.3 is 0 Å². The lowest BCUT2D eigenvalue weighted by Crippen LogP contribution is -2.40. The fraction of sp³-hybridized carbons (Fsp3) is 0.273. The Morgan fingerprint density at radius 3 is 2.73 bits per heavy atom. The lowest BCUT2D eigenvalue weighted by atomic mass is 10.2. The van der Waals surface area contributed by atoms with E-state index in [9.17, 15) is 4.79 Å². The molecular formula is C11H13N3O.